The number of likely N-dealkylation sites (N-methyl/N-ethyl adjacent to an activating group) is 1. The molecule has 0 bridgehead atoms. The lowest BCUT2D eigenvalue weighted by Crippen LogP contribution is -2.36. The molecule has 0 radical (unpaired) electrons. The van der Waals surface area contributed by atoms with Crippen molar-refractivity contribution in [2.24, 2.45) is 0 Å². The van der Waals surface area contributed by atoms with E-state index in [2.05, 4.69) is 14.8 Å². The number of aromatic nitrogens is 3. The van der Waals surface area contributed by atoms with Crippen LogP contribution < -0.4 is 4.72 Å². The van der Waals surface area contributed by atoms with Crippen LogP contribution in [0.4, 0.5) is 0 Å². The van der Waals surface area contributed by atoms with Crippen molar-refractivity contribution in [3.63, 3.8) is 0 Å². The van der Waals surface area contributed by atoms with E-state index >= 15 is 0 Å². The number of nitrogens with zero attached hydrogens (tertiary/aromatic N) is 4. The molecular weight excluding hydrogens is 413 g/mol. The van der Waals surface area contributed by atoms with Gasteiger partial charge in [-0.25, -0.2) is 22.8 Å². The number of amides is 1. The van der Waals surface area contributed by atoms with Gasteiger partial charge in [-0.05, 0) is 12.1 Å². The summed E-state index contributed by atoms with van der Waals surface area (Å²) >= 11 is 12.5. The molecular formula is C16H21Cl2N5O3S. The Bertz CT molecular complexity index is 923. The van der Waals surface area contributed by atoms with E-state index in [9.17, 15) is 13.2 Å². The third kappa shape index (κ3) is 5.41. The standard InChI is InChI=1S/C16H21Cl2N5O3S/c1-10(2)15-20-14(16(24)22(3)9-8-19-27(4,25)26)21-23(15)13-11(17)6-5-7-12(13)18/h5-7,10,19H,8-9H2,1-4H3. The van der Waals surface area contributed by atoms with Gasteiger partial charge < -0.3 is 4.90 Å². The maximum absolute atomic E-state index is 12.6. The second-order valence-corrected chi connectivity index (χ2v) is 8.97. The van der Waals surface area contributed by atoms with Crippen LogP contribution in [-0.4, -0.2) is 60.4 Å². The molecule has 1 amide bonds. The minimum atomic E-state index is -3.32. The predicted octanol–water partition coefficient (Wildman–Crippen LogP) is 2.32. The van der Waals surface area contributed by atoms with Crippen molar-refractivity contribution in [2.45, 2.75) is 19.8 Å². The highest BCUT2D eigenvalue weighted by atomic mass is 35.5. The van der Waals surface area contributed by atoms with Crippen molar-refractivity contribution in [3.8, 4) is 5.69 Å². The molecule has 0 atom stereocenters. The van der Waals surface area contributed by atoms with Gasteiger partial charge in [0.2, 0.25) is 15.8 Å². The van der Waals surface area contributed by atoms with Crippen LogP contribution in [0.5, 0.6) is 0 Å². The Morgan fingerprint density at radius 3 is 2.41 bits per heavy atom. The molecule has 0 spiro atoms. The zero-order valence-electron chi connectivity index (χ0n) is 15.4. The molecule has 148 valence electrons. The zero-order chi connectivity index (χ0) is 20.4. The van der Waals surface area contributed by atoms with Crippen molar-refractivity contribution < 1.29 is 13.2 Å². The second-order valence-electron chi connectivity index (χ2n) is 6.32. The van der Waals surface area contributed by atoms with Crippen LogP contribution in [0.15, 0.2) is 18.2 Å². The number of sulfonamides is 1. The molecule has 1 N–H and O–H groups in total. The number of nitrogens with one attached hydrogen (secondary N) is 1. The number of hydrogen-bond donors (Lipinski definition) is 1. The zero-order valence-corrected chi connectivity index (χ0v) is 17.7. The van der Waals surface area contributed by atoms with Gasteiger partial charge in [0.1, 0.15) is 11.5 Å². The number of carbonyl (C=O) groups is 1. The first-order valence-electron chi connectivity index (χ1n) is 8.12. The molecule has 1 heterocycles. The van der Waals surface area contributed by atoms with Gasteiger partial charge in [-0.15, -0.1) is 5.10 Å². The van der Waals surface area contributed by atoms with E-state index in [1.165, 1.54) is 9.58 Å². The van der Waals surface area contributed by atoms with Crippen molar-refractivity contribution in [1.82, 2.24) is 24.4 Å². The maximum Gasteiger partial charge on any atom is 0.293 e. The molecule has 1 aromatic carbocycles. The minimum Gasteiger partial charge on any atom is -0.338 e. The monoisotopic (exact) mass is 433 g/mol. The number of rotatable bonds is 7. The van der Waals surface area contributed by atoms with Gasteiger partial charge in [0.15, 0.2) is 0 Å². The molecule has 0 aliphatic rings. The molecule has 27 heavy (non-hydrogen) atoms. The fourth-order valence-corrected chi connectivity index (χ4v) is 3.33. The molecule has 2 rings (SSSR count). The molecule has 0 saturated carbocycles. The average molecular weight is 434 g/mol. The topological polar surface area (TPSA) is 97.2 Å². The Balaban J connectivity index is 2.32. The molecule has 0 aliphatic heterocycles. The summed E-state index contributed by atoms with van der Waals surface area (Å²) in [5, 5.41) is 5.08. The van der Waals surface area contributed by atoms with E-state index < -0.39 is 15.9 Å². The Hall–Kier alpha value is -1.68. The minimum absolute atomic E-state index is 0.0171. The van der Waals surface area contributed by atoms with Crippen LogP contribution in [0.2, 0.25) is 10.0 Å². The Morgan fingerprint density at radius 1 is 1.30 bits per heavy atom. The first-order valence-corrected chi connectivity index (χ1v) is 10.8. The highest BCUT2D eigenvalue weighted by Crippen LogP contribution is 2.30. The number of hydrogen-bond acceptors (Lipinski definition) is 5. The van der Waals surface area contributed by atoms with Gasteiger partial charge in [0.05, 0.1) is 16.3 Å². The molecule has 11 heteroatoms. The third-order valence-electron chi connectivity index (χ3n) is 3.65. The van der Waals surface area contributed by atoms with E-state index in [0.29, 0.717) is 21.6 Å². The van der Waals surface area contributed by atoms with Crippen LogP contribution in [0.1, 0.15) is 36.2 Å². The van der Waals surface area contributed by atoms with Gasteiger partial charge in [-0.3, -0.25) is 4.79 Å². The first kappa shape index (κ1) is 21.6. The fourth-order valence-electron chi connectivity index (χ4n) is 2.32. The van der Waals surface area contributed by atoms with E-state index in [1.54, 1.807) is 25.2 Å². The summed E-state index contributed by atoms with van der Waals surface area (Å²) in [5.74, 6) is 0.0466. The smallest absolute Gasteiger partial charge is 0.293 e. The number of para-hydroxylation sites is 1. The van der Waals surface area contributed by atoms with Gasteiger partial charge in [-0.1, -0.05) is 43.1 Å². The summed E-state index contributed by atoms with van der Waals surface area (Å²) in [5.41, 5.74) is 0.456. The third-order valence-corrected chi connectivity index (χ3v) is 4.99. The molecule has 0 saturated heterocycles. The number of halogens is 2. The van der Waals surface area contributed by atoms with Crippen LogP contribution in [0, 0.1) is 0 Å². The fraction of sp³-hybridized carbons (Fsp3) is 0.438. The highest BCUT2D eigenvalue weighted by molar-refractivity contribution is 7.88. The summed E-state index contributed by atoms with van der Waals surface area (Å²) in [4.78, 5) is 18.3. The molecule has 0 fully saturated rings. The lowest BCUT2D eigenvalue weighted by atomic mass is 10.2. The summed E-state index contributed by atoms with van der Waals surface area (Å²) < 4.78 is 26.1. The SMILES string of the molecule is CC(C)c1nc(C(=O)N(C)CCNS(C)(=O)=O)nn1-c1c(Cl)cccc1Cl. The van der Waals surface area contributed by atoms with E-state index in [1.807, 2.05) is 13.8 Å². The maximum atomic E-state index is 12.6. The molecule has 8 nitrogen and oxygen atoms in total. The Morgan fingerprint density at radius 2 is 1.89 bits per heavy atom. The largest absolute Gasteiger partial charge is 0.338 e. The predicted molar refractivity (Wildman–Crippen MR) is 105 cm³/mol. The van der Waals surface area contributed by atoms with Crippen LogP contribution >= 0.6 is 23.2 Å². The second kappa shape index (κ2) is 8.55. The van der Waals surface area contributed by atoms with Crippen LogP contribution in [0.25, 0.3) is 5.69 Å². The van der Waals surface area contributed by atoms with E-state index in [-0.39, 0.29) is 24.8 Å². The van der Waals surface area contributed by atoms with Gasteiger partial charge in [-0.2, -0.15) is 0 Å². The normalized spacial score (nSPS) is 11.8. The van der Waals surface area contributed by atoms with Crippen LogP contribution in [0.3, 0.4) is 0 Å². The van der Waals surface area contributed by atoms with Gasteiger partial charge in [0.25, 0.3) is 5.91 Å². The van der Waals surface area contributed by atoms with Crippen molar-refractivity contribution >= 4 is 39.1 Å². The van der Waals surface area contributed by atoms with Gasteiger partial charge in [0, 0.05) is 26.1 Å². The van der Waals surface area contributed by atoms with E-state index in [4.69, 9.17) is 23.2 Å². The van der Waals surface area contributed by atoms with Crippen molar-refractivity contribution in [2.75, 3.05) is 26.4 Å². The highest BCUT2D eigenvalue weighted by Gasteiger charge is 2.24. The van der Waals surface area contributed by atoms with Crippen molar-refractivity contribution in [1.29, 1.82) is 0 Å². The number of benzene rings is 1. The van der Waals surface area contributed by atoms with Gasteiger partial charge >= 0.3 is 0 Å². The lowest BCUT2D eigenvalue weighted by Gasteiger charge is -2.15. The lowest BCUT2D eigenvalue weighted by molar-refractivity contribution is 0.0785. The molecule has 1 aromatic heterocycles. The molecule has 2 aromatic rings. The number of carbonyl (C=O) groups excluding carboxylic acids is 1. The molecule has 0 aliphatic carbocycles. The van der Waals surface area contributed by atoms with E-state index in [0.717, 1.165) is 6.26 Å². The summed E-state index contributed by atoms with van der Waals surface area (Å²) in [7, 11) is -1.78. The first-order chi connectivity index (χ1) is 12.5. The molecule has 0 unspecified atom stereocenters. The van der Waals surface area contributed by atoms with Crippen molar-refractivity contribution in [3.05, 3.63) is 39.9 Å². The summed E-state index contributed by atoms with van der Waals surface area (Å²) in [6.45, 7) is 4.10. The summed E-state index contributed by atoms with van der Waals surface area (Å²) in [6.07, 6.45) is 1.06. The Labute approximate surface area is 168 Å². The summed E-state index contributed by atoms with van der Waals surface area (Å²) in [6, 6.07) is 5.08. The Kier molecular flexibility index (Phi) is 6.85. The van der Waals surface area contributed by atoms with Crippen LogP contribution in [-0.2, 0) is 10.0 Å². The quantitative estimate of drug-likeness (QED) is 0.722. The average Bonchev–Trinajstić information content (AvgIpc) is 2.97.